The van der Waals surface area contributed by atoms with Gasteiger partial charge in [-0.15, -0.1) is 19.1 Å². The van der Waals surface area contributed by atoms with Crippen LogP contribution in [0.15, 0.2) is 46.9 Å². The van der Waals surface area contributed by atoms with E-state index < -0.39 is 16.8 Å². The second-order valence-electron chi connectivity index (χ2n) is 6.23. The van der Waals surface area contributed by atoms with E-state index in [0.29, 0.717) is 30.0 Å². The average Bonchev–Trinajstić information content (AvgIpc) is 2.72. The molecule has 1 N–H and O–H groups in total. The minimum absolute atomic E-state index is 0.141. The average molecular weight is 492 g/mol. The number of carbonyl (C=O) groups is 2. The van der Waals surface area contributed by atoms with Gasteiger partial charge in [-0.2, -0.15) is 0 Å². The van der Waals surface area contributed by atoms with Crippen molar-refractivity contribution in [2.24, 2.45) is 0 Å². The number of halogens is 1. The fourth-order valence-electron chi connectivity index (χ4n) is 2.67. The van der Waals surface area contributed by atoms with Crippen LogP contribution in [0, 0.1) is 12.3 Å². The summed E-state index contributed by atoms with van der Waals surface area (Å²) in [7, 11) is 1.54. The van der Waals surface area contributed by atoms with Crippen molar-refractivity contribution >= 4 is 40.4 Å². The van der Waals surface area contributed by atoms with Crippen molar-refractivity contribution in [3.63, 3.8) is 0 Å². The van der Waals surface area contributed by atoms with Gasteiger partial charge in [0.2, 0.25) is 0 Å². The Morgan fingerprint density at radius 3 is 2.50 bits per heavy atom. The number of hydrogen-bond acceptors (Lipinski definition) is 6. The van der Waals surface area contributed by atoms with Crippen LogP contribution in [0.1, 0.15) is 18.1 Å². The molecular weight excluding hydrogens is 470 g/mol. The third-order valence-corrected chi connectivity index (χ3v) is 5.15. The summed E-state index contributed by atoms with van der Waals surface area (Å²) >= 11 is 7.73. The van der Waals surface area contributed by atoms with Crippen molar-refractivity contribution < 1.29 is 23.8 Å². The molecule has 2 aromatic rings. The normalized spacial score (nSPS) is 12.2. The Bertz CT molecular complexity index is 942. The summed E-state index contributed by atoms with van der Waals surface area (Å²) < 4.78 is 16.8. The number of hydrogen-bond donors (Lipinski definition) is 2. The van der Waals surface area contributed by atoms with Gasteiger partial charge in [0.25, 0.3) is 10.8 Å². The first-order valence-corrected chi connectivity index (χ1v) is 10.2. The maximum absolute atomic E-state index is 12.8. The van der Waals surface area contributed by atoms with E-state index >= 15 is 0 Å². The van der Waals surface area contributed by atoms with Gasteiger partial charge in [-0.05, 0) is 36.2 Å². The van der Waals surface area contributed by atoms with Crippen LogP contribution in [0.25, 0.3) is 0 Å². The molecular formula is C22H22BrNO5S. The van der Waals surface area contributed by atoms with Crippen LogP contribution in [-0.4, -0.2) is 32.1 Å². The first-order valence-electron chi connectivity index (χ1n) is 8.99. The van der Waals surface area contributed by atoms with E-state index in [2.05, 4.69) is 39.8 Å². The van der Waals surface area contributed by atoms with Crippen LogP contribution in [0.2, 0.25) is 0 Å². The number of nitrogens with one attached hydrogen (secondary N) is 1. The van der Waals surface area contributed by atoms with Crippen LogP contribution in [0.4, 0.5) is 0 Å². The molecule has 6 nitrogen and oxygen atoms in total. The lowest BCUT2D eigenvalue weighted by Gasteiger charge is -2.27. The first-order chi connectivity index (χ1) is 14.3. The zero-order chi connectivity index (χ0) is 22.1. The van der Waals surface area contributed by atoms with Crippen LogP contribution < -0.4 is 14.8 Å². The summed E-state index contributed by atoms with van der Waals surface area (Å²) in [6, 6.07) is 12.2. The Labute approximate surface area is 189 Å². The van der Waals surface area contributed by atoms with Gasteiger partial charge >= 0.3 is 5.97 Å². The topological polar surface area (TPSA) is 73.9 Å². The molecule has 0 saturated heterocycles. The van der Waals surface area contributed by atoms with E-state index in [-0.39, 0.29) is 6.61 Å². The number of methoxy groups -OCH3 is 1. The maximum atomic E-state index is 12.8. The van der Waals surface area contributed by atoms with Gasteiger partial charge < -0.3 is 19.5 Å². The fourth-order valence-corrected chi connectivity index (χ4v) is 3.29. The highest BCUT2D eigenvalue weighted by Gasteiger charge is 2.40. The van der Waals surface area contributed by atoms with Gasteiger partial charge in [0.05, 0.1) is 7.11 Å². The van der Waals surface area contributed by atoms with Gasteiger partial charge in [-0.3, -0.25) is 9.59 Å². The van der Waals surface area contributed by atoms with Crippen molar-refractivity contribution in [2.75, 3.05) is 20.3 Å². The minimum atomic E-state index is -1.74. The quantitative estimate of drug-likeness (QED) is 0.243. The molecule has 0 radical (unpaired) electrons. The zero-order valence-corrected chi connectivity index (χ0v) is 19.1. The standard InChI is InChI=1S/C22H22BrNO5S/c1-4-13-28-19-10-5-16(14-20(19)27-3)11-12-24-21(26)22(30,29-15(2)25)17-6-8-18(23)9-7-17/h1,5-10,14,30H,11-13H2,2-3H3,(H,24,26). The zero-order valence-electron chi connectivity index (χ0n) is 16.6. The van der Waals surface area contributed by atoms with Crippen molar-refractivity contribution in [2.45, 2.75) is 18.3 Å². The Morgan fingerprint density at radius 2 is 1.90 bits per heavy atom. The van der Waals surface area contributed by atoms with Gasteiger partial charge in [0.15, 0.2) is 11.5 Å². The van der Waals surface area contributed by atoms with Gasteiger partial charge in [0, 0.05) is 23.5 Å². The van der Waals surface area contributed by atoms with Crippen LogP contribution in [-0.2, 0) is 25.7 Å². The summed E-state index contributed by atoms with van der Waals surface area (Å²) in [4.78, 5) is 22.7. The summed E-state index contributed by atoms with van der Waals surface area (Å²) in [5.41, 5.74) is 1.36. The minimum Gasteiger partial charge on any atom is -0.493 e. The lowest BCUT2D eigenvalue weighted by atomic mass is 10.1. The number of thiol groups is 1. The molecule has 1 atom stereocenters. The molecule has 0 saturated carbocycles. The molecule has 8 heteroatoms. The lowest BCUT2D eigenvalue weighted by molar-refractivity contribution is -0.157. The highest BCUT2D eigenvalue weighted by atomic mass is 79.9. The van der Waals surface area contributed by atoms with E-state index in [0.717, 1.165) is 10.0 Å². The van der Waals surface area contributed by atoms with Crippen LogP contribution in [0.5, 0.6) is 11.5 Å². The number of amides is 1. The predicted octanol–water partition coefficient (Wildman–Crippen LogP) is 3.47. The molecule has 1 unspecified atom stereocenters. The van der Waals surface area contributed by atoms with E-state index in [1.807, 2.05) is 12.1 Å². The van der Waals surface area contributed by atoms with Crippen LogP contribution >= 0.6 is 28.6 Å². The predicted molar refractivity (Wildman–Crippen MR) is 121 cm³/mol. The Balaban J connectivity index is 2.08. The van der Waals surface area contributed by atoms with Crippen molar-refractivity contribution in [1.82, 2.24) is 5.32 Å². The number of ether oxygens (including phenoxy) is 3. The summed E-state index contributed by atoms with van der Waals surface area (Å²) in [6.07, 6.45) is 5.73. The summed E-state index contributed by atoms with van der Waals surface area (Å²) in [6.45, 7) is 1.67. The maximum Gasteiger partial charge on any atom is 0.304 e. The number of rotatable bonds is 9. The number of benzene rings is 2. The number of terminal acetylenes is 1. The Morgan fingerprint density at radius 1 is 1.20 bits per heavy atom. The molecule has 2 rings (SSSR count). The molecule has 1 amide bonds. The summed E-state index contributed by atoms with van der Waals surface area (Å²) in [5, 5.41) is 2.77. The highest BCUT2D eigenvalue weighted by Crippen LogP contribution is 2.32. The SMILES string of the molecule is C#CCOc1ccc(CCNC(=O)C(S)(OC(C)=O)c2ccc(Br)cc2)cc1OC. The molecule has 0 aliphatic heterocycles. The number of esters is 1. The molecule has 0 aromatic heterocycles. The van der Waals surface area contributed by atoms with Crippen LogP contribution in [0.3, 0.4) is 0 Å². The van der Waals surface area contributed by atoms with Crippen molar-refractivity contribution in [3.8, 4) is 23.8 Å². The molecule has 0 fully saturated rings. The summed E-state index contributed by atoms with van der Waals surface area (Å²) in [5.74, 6) is 2.34. The molecule has 2 aromatic carbocycles. The lowest BCUT2D eigenvalue weighted by Crippen LogP contribution is -2.44. The molecule has 0 spiro atoms. The monoisotopic (exact) mass is 491 g/mol. The molecule has 158 valence electrons. The third kappa shape index (κ3) is 6.18. The van der Waals surface area contributed by atoms with Gasteiger partial charge in [-0.25, -0.2) is 0 Å². The largest absolute Gasteiger partial charge is 0.493 e. The van der Waals surface area contributed by atoms with E-state index in [1.54, 1.807) is 30.3 Å². The molecule has 0 bridgehead atoms. The third-order valence-electron chi connectivity index (χ3n) is 4.07. The van der Waals surface area contributed by atoms with Gasteiger partial charge in [-0.1, -0.05) is 40.0 Å². The Kier molecular flexibility index (Phi) is 8.63. The van der Waals surface area contributed by atoms with E-state index in [9.17, 15) is 9.59 Å². The molecule has 0 aliphatic rings. The van der Waals surface area contributed by atoms with Gasteiger partial charge in [0.1, 0.15) is 6.61 Å². The molecule has 0 aliphatic carbocycles. The van der Waals surface area contributed by atoms with Crippen molar-refractivity contribution in [1.29, 1.82) is 0 Å². The highest BCUT2D eigenvalue weighted by molar-refractivity contribution is 9.10. The van der Waals surface area contributed by atoms with E-state index in [4.69, 9.17) is 20.6 Å². The first kappa shape index (κ1) is 23.6. The molecule has 0 heterocycles. The van der Waals surface area contributed by atoms with Crippen molar-refractivity contribution in [3.05, 3.63) is 58.1 Å². The molecule has 30 heavy (non-hydrogen) atoms. The Hall–Kier alpha value is -2.63. The number of carbonyl (C=O) groups excluding carboxylic acids is 2. The fraction of sp³-hybridized carbons (Fsp3) is 0.273. The smallest absolute Gasteiger partial charge is 0.304 e. The second kappa shape index (κ2) is 11.0. The second-order valence-corrected chi connectivity index (χ2v) is 7.77. The van der Waals surface area contributed by atoms with E-state index in [1.165, 1.54) is 14.0 Å².